The monoisotopic (exact) mass is 283 g/mol. The SMILES string of the molecule is CCc1cccc(OCC(=O)NCc2ccccc2C)c1. The van der Waals surface area contributed by atoms with Gasteiger partial charge in [0.1, 0.15) is 5.75 Å². The summed E-state index contributed by atoms with van der Waals surface area (Å²) < 4.78 is 5.52. The molecule has 3 nitrogen and oxygen atoms in total. The maximum Gasteiger partial charge on any atom is 0.258 e. The highest BCUT2D eigenvalue weighted by atomic mass is 16.5. The van der Waals surface area contributed by atoms with E-state index in [-0.39, 0.29) is 12.5 Å². The Bertz CT molecular complexity index is 608. The second-order valence-electron chi connectivity index (χ2n) is 4.99. The van der Waals surface area contributed by atoms with E-state index < -0.39 is 0 Å². The van der Waals surface area contributed by atoms with Crippen LogP contribution in [0.3, 0.4) is 0 Å². The molecule has 2 rings (SSSR count). The number of benzene rings is 2. The summed E-state index contributed by atoms with van der Waals surface area (Å²) in [6.07, 6.45) is 0.955. The number of aryl methyl sites for hydroxylation is 2. The molecule has 0 radical (unpaired) electrons. The van der Waals surface area contributed by atoms with Crippen molar-refractivity contribution in [1.82, 2.24) is 5.32 Å². The van der Waals surface area contributed by atoms with Gasteiger partial charge >= 0.3 is 0 Å². The van der Waals surface area contributed by atoms with Crippen LogP contribution in [0.4, 0.5) is 0 Å². The summed E-state index contributed by atoms with van der Waals surface area (Å²) in [5.74, 6) is 0.626. The van der Waals surface area contributed by atoms with E-state index in [9.17, 15) is 4.79 Å². The molecule has 0 aliphatic carbocycles. The fraction of sp³-hybridized carbons (Fsp3) is 0.278. The minimum absolute atomic E-state index is 0.0407. The number of nitrogens with one attached hydrogen (secondary N) is 1. The Morgan fingerprint density at radius 2 is 1.95 bits per heavy atom. The molecule has 0 spiro atoms. The first-order valence-electron chi connectivity index (χ1n) is 7.22. The molecule has 0 fully saturated rings. The van der Waals surface area contributed by atoms with Crippen LogP contribution in [0.2, 0.25) is 0 Å². The van der Waals surface area contributed by atoms with E-state index in [4.69, 9.17) is 4.74 Å². The second-order valence-corrected chi connectivity index (χ2v) is 4.99. The van der Waals surface area contributed by atoms with Crippen LogP contribution in [0, 0.1) is 6.92 Å². The van der Waals surface area contributed by atoms with Gasteiger partial charge in [0.2, 0.25) is 0 Å². The smallest absolute Gasteiger partial charge is 0.258 e. The Balaban J connectivity index is 1.81. The van der Waals surface area contributed by atoms with Crippen LogP contribution in [0.25, 0.3) is 0 Å². The van der Waals surface area contributed by atoms with Crippen LogP contribution in [0.1, 0.15) is 23.6 Å². The zero-order valence-electron chi connectivity index (χ0n) is 12.6. The molecule has 0 heterocycles. The van der Waals surface area contributed by atoms with E-state index in [0.29, 0.717) is 6.54 Å². The van der Waals surface area contributed by atoms with Crippen LogP contribution < -0.4 is 10.1 Å². The lowest BCUT2D eigenvalue weighted by molar-refractivity contribution is -0.123. The minimum Gasteiger partial charge on any atom is -0.484 e. The Morgan fingerprint density at radius 3 is 2.71 bits per heavy atom. The third-order valence-corrected chi connectivity index (χ3v) is 3.41. The van der Waals surface area contributed by atoms with Crippen LogP contribution >= 0.6 is 0 Å². The molecule has 1 N–H and O–H groups in total. The van der Waals surface area contributed by atoms with Crippen molar-refractivity contribution < 1.29 is 9.53 Å². The van der Waals surface area contributed by atoms with Crippen LogP contribution in [-0.4, -0.2) is 12.5 Å². The standard InChI is InChI=1S/C18H21NO2/c1-3-15-8-6-10-17(11-15)21-13-18(20)19-12-16-9-5-4-7-14(16)2/h4-11H,3,12-13H2,1-2H3,(H,19,20). The summed E-state index contributed by atoms with van der Waals surface area (Å²) in [5.41, 5.74) is 3.50. The number of rotatable bonds is 6. The normalized spacial score (nSPS) is 10.2. The molecule has 3 heteroatoms. The van der Waals surface area contributed by atoms with Crippen LogP contribution in [-0.2, 0) is 17.8 Å². The molecule has 2 aromatic carbocycles. The van der Waals surface area contributed by atoms with Gasteiger partial charge in [0, 0.05) is 6.54 Å². The lowest BCUT2D eigenvalue weighted by Gasteiger charge is -2.09. The van der Waals surface area contributed by atoms with Crippen molar-refractivity contribution in [2.45, 2.75) is 26.8 Å². The Morgan fingerprint density at radius 1 is 1.14 bits per heavy atom. The molecule has 0 saturated carbocycles. The Labute approximate surface area is 126 Å². The molecule has 110 valence electrons. The van der Waals surface area contributed by atoms with E-state index in [1.807, 2.05) is 55.5 Å². The van der Waals surface area contributed by atoms with E-state index in [0.717, 1.165) is 17.7 Å². The van der Waals surface area contributed by atoms with Gasteiger partial charge in [-0.1, -0.05) is 43.3 Å². The van der Waals surface area contributed by atoms with Crippen molar-refractivity contribution in [2.24, 2.45) is 0 Å². The topological polar surface area (TPSA) is 38.3 Å². The number of ether oxygens (including phenoxy) is 1. The number of carbonyl (C=O) groups is 1. The average Bonchev–Trinajstić information content (AvgIpc) is 2.52. The highest BCUT2D eigenvalue weighted by Gasteiger charge is 2.04. The maximum atomic E-state index is 11.8. The molecule has 2 aromatic rings. The molecule has 1 amide bonds. The summed E-state index contributed by atoms with van der Waals surface area (Å²) in [6.45, 7) is 4.70. The van der Waals surface area contributed by atoms with Crippen molar-refractivity contribution in [3.05, 3.63) is 65.2 Å². The fourth-order valence-electron chi connectivity index (χ4n) is 2.06. The van der Waals surface area contributed by atoms with Crippen molar-refractivity contribution in [3.8, 4) is 5.75 Å². The third kappa shape index (κ3) is 4.63. The van der Waals surface area contributed by atoms with Gasteiger partial charge in [-0.05, 0) is 42.2 Å². The molecule has 0 aliphatic heterocycles. The summed E-state index contributed by atoms with van der Waals surface area (Å²) in [4.78, 5) is 11.8. The third-order valence-electron chi connectivity index (χ3n) is 3.41. The van der Waals surface area contributed by atoms with Crippen molar-refractivity contribution >= 4 is 5.91 Å². The molecule has 0 saturated heterocycles. The zero-order valence-corrected chi connectivity index (χ0v) is 12.6. The number of hydrogen-bond donors (Lipinski definition) is 1. The van der Waals surface area contributed by atoms with Crippen LogP contribution in [0.15, 0.2) is 48.5 Å². The quantitative estimate of drug-likeness (QED) is 0.883. The first-order chi connectivity index (χ1) is 10.2. The minimum atomic E-state index is -0.111. The van der Waals surface area contributed by atoms with Gasteiger partial charge in [0.05, 0.1) is 0 Å². The summed E-state index contributed by atoms with van der Waals surface area (Å²) in [7, 11) is 0. The van der Waals surface area contributed by atoms with Crippen molar-refractivity contribution in [1.29, 1.82) is 0 Å². The van der Waals surface area contributed by atoms with Crippen LogP contribution in [0.5, 0.6) is 5.75 Å². The van der Waals surface area contributed by atoms with E-state index in [1.165, 1.54) is 11.1 Å². The van der Waals surface area contributed by atoms with E-state index >= 15 is 0 Å². The molecule has 0 aromatic heterocycles. The largest absolute Gasteiger partial charge is 0.484 e. The molecule has 21 heavy (non-hydrogen) atoms. The lowest BCUT2D eigenvalue weighted by atomic mass is 10.1. The Hall–Kier alpha value is -2.29. The van der Waals surface area contributed by atoms with E-state index in [1.54, 1.807) is 0 Å². The fourth-order valence-corrected chi connectivity index (χ4v) is 2.06. The van der Waals surface area contributed by atoms with Crippen molar-refractivity contribution in [2.75, 3.05) is 6.61 Å². The van der Waals surface area contributed by atoms with Gasteiger partial charge in [-0.25, -0.2) is 0 Å². The first kappa shape index (κ1) is 15.1. The van der Waals surface area contributed by atoms with Gasteiger partial charge in [-0.3, -0.25) is 4.79 Å². The average molecular weight is 283 g/mol. The van der Waals surface area contributed by atoms with Gasteiger partial charge in [0.15, 0.2) is 6.61 Å². The predicted octanol–water partition coefficient (Wildman–Crippen LogP) is 3.25. The molecular weight excluding hydrogens is 262 g/mol. The van der Waals surface area contributed by atoms with Gasteiger partial charge in [-0.2, -0.15) is 0 Å². The molecular formula is C18H21NO2. The molecule has 0 aliphatic rings. The van der Waals surface area contributed by atoms with Gasteiger partial charge in [-0.15, -0.1) is 0 Å². The predicted molar refractivity (Wildman–Crippen MR) is 84.3 cm³/mol. The molecule has 0 unspecified atom stereocenters. The zero-order chi connectivity index (χ0) is 15.1. The number of amides is 1. The molecule has 0 atom stereocenters. The first-order valence-corrected chi connectivity index (χ1v) is 7.22. The highest BCUT2D eigenvalue weighted by Crippen LogP contribution is 2.13. The second kappa shape index (κ2) is 7.48. The number of carbonyl (C=O) groups excluding carboxylic acids is 1. The summed E-state index contributed by atoms with van der Waals surface area (Å²) in [6, 6.07) is 15.8. The van der Waals surface area contributed by atoms with Gasteiger partial charge < -0.3 is 10.1 Å². The maximum absolute atomic E-state index is 11.8. The summed E-state index contributed by atoms with van der Waals surface area (Å²) in [5, 5.41) is 2.87. The van der Waals surface area contributed by atoms with Gasteiger partial charge in [0.25, 0.3) is 5.91 Å². The van der Waals surface area contributed by atoms with E-state index in [2.05, 4.69) is 12.2 Å². The molecule has 0 bridgehead atoms. The Kier molecular flexibility index (Phi) is 5.38. The lowest BCUT2D eigenvalue weighted by Crippen LogP contribution is -2.28. The highest BCUT2D eigenvalue weighted by molar-refractivity contribution is 5.77. The van der Waals surface area contributed by atoms with Crippen molar-refractivity contribution in [3.63, 3.8) is 0 Å². The number of hydrogen-bond acceptors (Lipinski definition) is 2. The summed E-state index contributed by atoms with van der Waals surface area (Å²) >= 11 is 0.